The lowest BCUT2D eigenvalue weighted by atomic mass is 9.99. The van der Waals surface area contributed by atoms with E-state index in [0.29, 0.717) is 11.5 Å². The molecule has 1 fully saturated rings. The Hall–Kier alpha value is -3.85. The minimum Gasteiger partial charge on any atom is -0.324 e. The summed E-state index contributed by atoms with van der Waals surface area (Å²) in [5.41, 5.74) is 3.97. The molecule has 0 spiro atoms. The Morgan fingerprint density at radius 1 is 1.13 bits per heavy atom. The Bertz CT molecular complexity index is 1160. The molecule has 3 N–H and O–H groups in total. The topological polar surface area (TPSA) is 113 Å². The van der Waals surface area contributed by atoms with E-state index >= 15 is 0 Å². The SMILES string of the molecule is O=C(Nc1ccc(-c2cnn(-c3cccc(-c4ccn[nH]4)n3)c2)nc1)[C@H]1CCCNC1. The Kier molecular flexibility index (Phi) is 5.24. The highest BCUT2D eigenvalue weighted by atomic mass is 16.1. The van der Waals surface area contributed by atoms with Crippen LogP contribution in [0.5, 0.6) is 0 Å². The average molecular weight is 414 g/mol. The monoisotopic (exact) mass is 414 g/mol. The van der Waals surface area contributed by atoms with E-state index in [2.05, 4.69) is 35.9 Å². The van der Waals surface area contributed by atoms with Gasteiger partial charge in [0.05, 0.1) is 41.1 Å². The van der Waals surface area contributed by atoms with E-state index in [-0.39, 0.29) is 11.8 Å². The number of aromatic nitrogens is 6. The number of carbonyl (C=O) groups is 1. The number of amides is 1. The van der Waals surface area contributed by atoms with Gasteiger partial charge in [0, 0.05) is 24.5 Å². The van der Waals surface area contributed by atoms with Gasteiger partial charge in [-0.15, -0.1) is 0 Å². The molecule has 5 heterocycles. The van der Waals surface area contributed by atoms with Crippen LogP contribution in [0.4, 0.5) is 5.69 Å². The van der Waals surface area contributed by atoms with Gasteiger partial charge in [-0.05, 0) is 49.7 Å². The summed E-state index contributed by atoms with van der Waals surface area (Å²) in [6, 6.07) is 11.4. The minimum atomic E-state index is 0.0108. The fourth-order valence-corrected chi connectivity index (χ4v) is 3.64. The third kappa shape index (κ3) is 4.22. The van der Waals surface area contributed by atoms with Gasteiger partial charge >= 0.3 is 0 Å². The van der Waals surface area contributed by atoms with E-state index in [0.717, 1.165) is 48.6 Å². The molecule has 0 saturated carbocycles. The van der Waals surface area contributed by atoms with E-state index in [1.807, 2.05) is 42.6 Å². The molecule has 31 heavy (non-hydrogen) atoms. The van der Waals surface area contributed by atoms with Gasteiger partial charge in [0.2, 0.25) is 5.91 Å². The van der Waals surface area contributed by atoms with E-state index in [1.54, 1.807) is 23.3 Å². The first-order valence-corrected chi connectivity index (χ1v) is 10.3. The van der Waals surface area contributed by atoms with Crippen molar-refractivity contribution in [3.05, 3.63) is 61.2 Å². The number of aromatic amines is 1. The molecule has 156 valence electrons. The highest BCUT2D eigenvalue weighted by molar-refractivity contribution is 5.92. The zero-order valence-electron chi connectivity index (χ0n) is 16.8. The maximum absolute atomic E-state index is 12.4. The number of nitrogens with one attached hydrogen (secondary N) is 3. The van der Waals surface area contributed by atoms with Crippen LogP contribution in [0.3, 0.4) is 0 Å². The zero-order valence-corrected chi connectivity index (χ0v) is 16.8. The van der Waals surface area contributed by atoms with Gasteiger partial charge < -0.3 is 10.6 Å². The highest BCUT2D eigenvalue weighted by Crippen LogP contribution is 2.21. The van der Waals surface area contributed by atoms with Crippen molar-refractivity contribution in [2.24, 2.45) is 5.92 Å². The van der Waals surface area contributed by atoms with Crippen molar-refractivity contribution in [2.45, 2.75) is 12.8 Å². The van der Waals surface area contributed by atoms with Crippen LogP contribution in [0.25, 0.3) is 28.5 Å². The van der Waals surface area contributed by atoms with Gasteiger partial charge in [-0.2, -0.15) is 10.2 Å². The first-order chi connectivity index (χ1) is 15.3. The maximum Gasteiger partial charge on any atom is 0.228 e. The summed E-state index contributed by atoms with van der Waals surface area (Å²) >= 11 is 0. The molecule has 1 saturated heterocycles. The molecule has 9 heteroatoms. The molecular weight excluding hydrogens is 392 g/mol. The summed E-state index contributed by atoms with van der Waals surface area (Å²) < 4.78 is 1.71. The molecule has 0 radical (unpaired) electrons. The fourth-order valence-electron chi connectivity index (χ4n) is 3.64. The largest absolute Gasteiger partial charge is 0.324 e. The predicted octanol–water partition coefficient (Wildman–Crippen LogP) is 2.66. The summed E-state index contributed by atoms with van der Waals surface area (Å²) in [6.45, 7) is 1.71. The van der Waals surface area contributed by atoms with Crippen LogP contribution in [0.1, 0.15) is 12.8 Å². The van der Waals surface area contributed by atoms with Gasteiger partial charge in [0.15, 0.2) is 5.82 Å². The third-order valence-electron chi connectivity index (χ3n) is 5.32. The molecule has 1 amide bonds. The molecule has 5 rings (SSSR count). The number of hydrogen-bond acceptors (Lipinski definition) is 6. The van der Waals surface area contributed by atoms with E-state index in [4.69, 9.17) is 0 Å². The highest BCUT2D eigenvalue weighted by Gasteiger charge is 2.21. The van der Waals surface area contributed by atoms with E-state index < -0.39 is 0 Å². The molecule has 0 aromatic carbocycles. The summed E-state index contributed by atoms with van der Waals surface area (Å²) in [6.07, 6.45) is 8.95. The van der Waals surface area contributed by atoms with E-state index in [9.17, 15) is 4.79 Å². The van der Waals surface area contributed by atoms with Gasteiger partial charge in [-0.3, -0.25) is 14.9 Å². The number of H-pyrrole nitrogens is 1. The first kappa shape index (κ1) is 19.1. The molecule has 1 aliphatic heterocycles. The van der Waals surface area contributed by atoms with Crippen molar-refractivity contribution in [3.8, 4) is 28.5 Å². The van der Waals surface area contributed by atoms with Crippen molar-refractivity contribution in [2.75, 3.05) is 18.4 Å². The van der Waals surface area contributed by atoms with Crippen molar-refractivity contribution in [3.63, 3.8) is 0 Å². The van der Waals surface area contributed by atoms with Crippen LogP contribution in [-0.2, 0) is 4.79 Å². The van der Waals surface area contributed by atoms with Crippen molar-refractivity contribution >= 4 is 11.6 Å². The molecule has 0 unspecified atom stereocenters. The Labute approximate surface area is 178 Å². The Morgan fingerprint density at radius 2 is 2.10 bits per heavy atom. The van der Waals surface area contributed by atoms with Crippen LogP contribution in [0, 0.1) is 5.92 Å². The van der Waals surface area contributed by atoms with Crippen molar-refractivity contribution in [1.29, 1.82) is 0 Å². The molecule has 1 aliphatic rings. The average Bonchev–Trinajstić information content (AvgIpc) is 3.53. The van der Waals surface area contributed by atoms with Crippen LogP contribution in [-0.4, -0.2) is 48.9 Å². The first-order valence-electron chi connectivity index (χ1n) is 10.3. The minimum absolute atomic E-state index is 0.0108. The molecule has 1 atom stereocenters. The van der Waals surface area contributed by atoms with Crippen molar-refractivity contribution < 1.29 is 4.79 Å². The number of hydrogen-bond donors (Lipinski definition) is 3. The van der Waals surface area contributed by atoms with Crippen LogP contribution in [0.15, 0.2) is 61.2 Å². The second kappa shape index (κ2) is 8.49. The van der Waals surface area contributed by atoms with Crippen molar-refractivity contribution in [1.82, 2.24) is 35.3 Å². The van der Waals surface area contributed by atoms with Crippen LogP contribution >= 0.6 is 0 Å². The quantitative estimate of drug-likeness (QED) is 0.463. The maximum atomic E-state index is 12.4. The number of carbonyl (C=O) groups excluding carboxylic acids is 1. The molecule has 9 nitrogen and oxygen atoms in total. The number of anilines is 1. The number of piperidine rings is 1. The Balaban J connectivity index is 1.30. The summed E-state index contributed by atoms with van der Waals surface area (Å²) in [5, 5.41) is 17.5. The second-order valence-electron chi connectivity index (χ2n) is 7.49. The number of rotatable bonds is 5. The molecule has 0 bridgehead atoms. The van der Waals surface area contributed by atoms with E-state index in [1.165, 1.54) is 0 Å². The summed E-state index contributed by atoms with van der Waals surface area (Å²) in [5.74, 6) is 0.748. The molecule has 4 aromatic heterocycles. The smallest absolute Gasteiger partial charge is 0.228 e. The predicted molar refractivity (Wildman–Crippen MR) is 116 cm³/mol. The number of nitrogens with zero attached hydrogens (tertiary/aromatic N) is 5. The lowest BCUT2D eigenvalue weighted by Gasteiger charge is -2.21. The number of pyridine rings is 2. The van der Waals surface area contributed by atoms with Crippen LogP contribution in [0.2, 0.25) is 0 Å². The van der Waals surface area contributed by atoms with Gasteiger partial charge in [-0.25, -0.2) is 9.67 Å². The zero-order chi connectivity index (χ0) is 21.0. The van der Waals surface area contributed by atoms with Crippen LogP contribution < -0.4 is 10.6 Å². The summed E-state index contributed by atoms with van der Waals surface area (Å²) in [4.78, 5) is 21.5. The standard InChI is InChI=1S/C22H22N8O/c31-22(15-3-2-9-23-11-15)27-17-6-7-18(24-13-17)16-12-26-30(14-16)21-5-1-4-19(28-21)20-8-10-25-29-20/h1,4-8,10,12-15,23H,2-3,9,11H2,(H,25,29)(H,27,31)/t15-/m0/s1. The second-order valence-corrected chi connectivity index (χ2v) is 7.49. The lowest BCUT2D eigenvalue weighted by molar-refractivity contribution is -0.120. The fraction of sp³-hybridized carbons (Fsp3) is 0.227. The Morgan fingerprint density at radius 3 is 2.87 bits per heavy atom. The third-order valence-corrected chi connectivity index (χ3v) is 5.32. The normalized spacial score (nSPS) is 16.2. The lowest BCUT2D eigenvalue weighted by Crippen LogP contribution is -2.37. The molecular formula is C22H22N8O. The van der Waals surface area contributed by atoms with Gasteiger partial charge in [0.1, 0.15) is 0 Å². The van der Waals surface area contributed by atoms with Gasteiger partial charge in [-0.1, -0.05) is 6.07 Å². The molecule has 0 aliphatic carbocycles. The summed E-state index contributed by atoms with van der Waals surface area (Å²) in [7, 11) is 0. The molecule has 4 aromatic rings. The van der Waals surface area contributed by atoms with Gasteiger partial charge in [0.25, 0.3) is 0 Å².